The number of carbonyl (C=O) groups is 1. The predicted octanol–water partition coefficient (Wildman–Crippen LogP) is -1.04. The molecule has 21 heavy (non-hydrogen) atoms. The molecule has 2 rings (SSSR count). The van der Waals surface area contributed by atoms with Crippen molar-refractivity contribution in [2.45, 2.75) is 19.5 Å². The topological polar surface area (TPSA) is 67.5 Å². The van der Waals surface area contributed by atoms with Crippen LogP contribution in [0.15, 0.2) is 21.9 Å². The molecule has 1 saturated heterocycles. The van der Waals surface area contributed by atoms with E-state index in [1.54, 1.807) is 4.90 Å². The summed E-state index contributed by atoms with van der Waals surface area (Å²) in [6, 6.07) is 1.63. The monoisotopic (exact) mass is 294 g/mol. The molecule has 1 aliphatic rings. The molecule has 2 atom stereocenters. The highest BCUT2D eigenvalue weighted by molar-refractivity contribution is 5.76. The van der Waals surface area contributed by atoms with Gasteiger partial charge < -0.3 is 9.80 Å². The molecule has 7 nitrogen and oxygen atoms in total. The maximum Gasteiger partial charge on any atom is 0.331 e. The number of nitrogens with zero attached hydrogens (tertiary/aromatic N) is 4. The normalized spacial score (nSPS) is 22.0. The molecule has 1 amide bonds. The van der Waals surface area contributed by atoms with Crippen LogP contribution in [0.3, 0.4) is 0 Å². The minimum absolute atomic E-state index is 0.0280. The van der Waals surface area contributed by atoms with Gasteiger partial charge in [0.25, 0.3) is 5.56 Å². The van der Waals surface area contributed by atoms with Gasteiger partial charge in [0.15, 0.2) is 0 Å². The molecule has 7 heteroatoms. The molecule has 0 N–H and O–H groups in total. The Labute approximate surface area is 123 Å². The highest BCUT2D eigenvalue weighted by Gasteiger charge is 2.33. The van der Waals surface area contributed by atoms with Gasteiger partial charge in [0.2, 0.25) is 5.91 Å². The largest absolute Gasteiger partial charge is 0.339 e. The van der Waals surface area contributed by atoms with Crippen molar-refractivity contribution in [3.05, 3.63) is 33.1 Å². The summed E-state index contributed by atoms with van der Waals surface area (Å²) in [6.07, 6.45) is 1.38. The van der Waals surface area contributed by atoms with Gasteiger partial charge in [-0.1, -0.05) is 6.92 Å². The zero-order valence-corrected chi connectivity index (χ0v) is 12.9. The highest BCUT2D eigenvalue weighted by Crippen LogP contribution is 2.20. The average molecular weight is 294 g/mol. The van der Waals surface area contributed by atoms with Crippen LogP contribution in [-0.2, 0) is 18.4 Å². The fourth-order valence-corrected chi connectivity index (χ4v) is 2.81. The summed E-state index contributed by atoms with van der Waals surface area (Å²) in [5.74, 6) is 0.313. The van der Waals surface area contributed by atoms with Crippen LogP contribution in [0, 0.1) is 5.92 Å². The molecule has 0 unspecified atom stereocenters. The average Bonchev–Trinajstić information content (AvgIpc) is 2.82. The smallest absolute Gasteiger partial charge is 0.331 e. The van der Waals surface area contributed by atoms with Gasteiger partial charge in [-0.3, -0.25) is 18.7 Å². The molecule has 0 radical (unpaired) electrons. The van der Waals surface area contributed by atoms with Gasteiger partial charge in [-0.15, -0.1) is 0 Å². The predicted molar refractivity (Wildman–Crippen MR) is 79.2 cm³/mol. The fourth-order valence-electron chi connectivity index (χ4n) is 2.81. The van der Waals surface area contributed by atoms with Crippen molar-refractivity contribution in [3.8, 4) is 0 Å². The Hall–Kier alpha value is -1.89. The van der Waals surface area contributed by atoms with E-state index in [1.807, 2.05) is 14.1 Å². The minimum atomic E-state index is -0.466. The third kappa shape index (κ3) is 3.07. The first-order valence-electron chi connectivity index (χ1n) is 7.02. The number of carbonyl (C=O) groups excluding carboxylic acids is 1. The summed E-state index contributed by atoms with van der Waals surface area (Å²) >= 11 is 0. The summed E-state index contributed by atoms with van der Waals surface area (Å²) in [5, 5.41) is 0. The Kier molecular flexibility index (Phi) is 4.32. The van der Waals surface area contributed by atoms with Crippen LogP contribution in [0.25, 0.3) is 0 Å². The number of hydrogen-bond donors (Lipinski definition) is 0. The van der Waals surface area contributed by atoms with Crippen molar-refractivity contribution in [3.63, 3.8) is 0 Å². The quantitative estimate of drug-likeness (QED) is 0.714. The van der Waals surface area contributed by atoms with Crippen molar-refractivity contribution in [1.29, 1.82) is 0 Å². The number of likely N-dealkylation sites (tertiary alicyclic amines) is 1. The third-order valence-electron chi connectivity index (χ3n) is 4.15. The standard InChI is InChI=1S/C14H22N4O3/c1-10-7-18(8-11(10)15(2)3)13(20)9-17-6-5-12(19)16(4)14(17)21/h5-6,10-11H,7-9H2,1-4H3/t10-,11+/m0/s1. The van der Waals surface area contributed by atoms with Crippen LogP contribution < -0.4 is 11.2 Å². The number of amides is 1. The lowest BCUT2D eigenvalue weighted by Crippen LogP contribution is -2.41. The fraction of sp³-hybridized carbons (Fsp3) is 0.643. The molecular weight excluding hydrogens is 272 g/mol. The summed E-state index contributed by atoms with van der Waals surface area (Å²) < 4.78 is 2.28. The Morgan fingerprint density at radius 3 is 2.57 bits per heavy atom. The lowest BCUT2D eigenvalue weighted by molar-refractivity contribution is -0.131. The van der Waals surface area contributed by atoms with E-state index in [2.05, 4.69) is 11.8 Å². The Bertz CT molecular complexity index is 646. The van der Waals surface area contributed by atoms with E-state index in [0.717, 1.165) is 4.57 Å². The maximum atomic E-state index is 12.3. The van der Waals surface area contributed by atoms with Crippen molar-refractivity contribution in [2.75, 3.05) is 27.2 Å². The maximum absolute atomic E-state index is 12.3. The first kappa shape index (κ1) is 15.5. The Morgan fingerprint density at radius 1 is 1.33 bits per heavy atom. The van der Waals surface area contributed by atoms with Crippen LogP contribution in [-0.4, -0.2) is 58.1 Å². The van der Waals surface area contributed by atoms with Gasteiger partial charge in [0.1, 0.15) is 6.54 Å². The third-order valence-corrected chi connectivity index (χ3v) is 4.15. The van der Waals surface area contributed by atoms with Crippen LogP contribution in [0.1, 0.15) is 6.92 Å². The molecular formula is C14H22N4O3. The summed E-state index contributed by atoms with van der Waals surface area (Å²) in [6.45, 7) is 3.46. The number of hydrogen-bond acceptors (Lipinski definition) is 4. The molecule has 0 saturated carbocycles. The summed E-state index contributed by atoms with van der Waals surface area (Å²) in [4.78, 5) is 39.5. The van der Waals surface area contributed by atoms with Gasteiger partial charge in [-0.25, -0.2) is 4.79 Å². The molecule has 0 bridgehead atoms. The van der Waals surface area contributed by atoms with Gasteiger partial charge in [-0.2, -0.15) is 0 Å². The van der Waals surface area contributed by atoms with Crippen LogP contribution in [0.2, 0.25) is 0 Å². The summed E-state index contributed by atoms with van der Waals surface area (Å²) in [5.41, 5.74) is -0.835. The number of aromatic nitrogens is 2. The zero-order chi connectivity index (χ0) is 15.7. The molecule has 2 heterocycles. The Balaban J connectivity index is 2.12. The first-order chi connectivity index (χ1) is 9.81. The van der Waals surface area contributed by atoms with Crippen molar-refractivity contribution >= 4 is 5.91 Å². The van der Waals surface area contributed by atoms with E-state index in [9.17, 15) is 14.4 Å². The summed E-state index contributed by atoms with van der Waals surface area (Å²) in [7, 11) is 5.42. The van der Waals surface area contributed by atoms with E-state index in [1.165, 1.54) is 23.9 Å². The SMILES string of the molecule is C[C@H]1CN(C(=O)Cn2ccc(=O)n(C)c2=O)C[C@H]1N(C)C. The van der Waals surface area contributed by atoms with Gasteiger partial charge in [0, 0.05) is 38.4 Å². The molecule has 1 aromatic heterocycles. The lowest BCUT2D eigenvalue weighted by Gasteiger charge is -2.22. The first-order valence-corrected chi connectivity index (χ1v) is 7.02. The highest BCUT2D eigenvalue weighted by atomic mass is 16.2. The lowest BCUT2D eigenvalue weighted by atomic mass is 10.1. The molecule has 0 aliphatic carbocycles. The Morgan fingerprint density at radius 2 is 2.00 bits per heavy atom. The molecule has 1 aliphatic heterocycles. The van der Waals surface area contributed by atoms with Gasteiger partial charge >= 0.3 is 5.69 Å². The molecule has 0 spiro atoms. The van der Waals surface area contributed by atoms with Crippen LogP contribution in [0.4, 0.5) is 0 Å². The van der Waals surface area contributed by atoms with Crippen molar-refractivity contribution in [2.24, 2.45) is 13.0 Å². The zero-order valence-electron chi connectivity index (χ0n) is 12.9. The van der Waals surface area contributed by atoms with Gasteiger partial charge in [-0.05, 0) is 20.0 Å². The molecule has 116 valence electrons. The van der Waals surface area contributed by atoms with Crippen LogP contribution in [0.5, 0.6) is 0 Å². The second kappa shape index (κ2) is 5.85. The number of likely N-dealkylation sites (N-methyl/N-ethyl adjacent to an activating group) is 1. The van der Waals surface area contributed by atoms with Crippen molar-refractivity contribution in [1.82, 2.24) is 18.9 Å². The molecule has 1 aromatic rings. The van der Waals surface area contributed by atoms with E-state index >= 15 is 0 Å². The molecule has 0 aromatic carbocycles. The second-order valence-corrected chi connectivity index (χ2v) is 5.93. The van der Waals surface area contributed by atoms with Crippen molar-refractivity contribution < 1.29 is 4.79 Å². The van der Waals surface area contributed by atoms with E-state index in [4.69, 9.17) is 0 Å². The van der Waals surface area contributed by atoms with E-state index < -0.39 is 5.69 Å². The van der Waals surface area contributed by atoms with Gasteiger partial charge in [0.05, 0.1) is 0 Å². The van der Waals surface area contributed by atoms with E-state index in [0.29, 0.717) is 25.0 Å². The number of rotatable bonds is 3. The van der Waals surface area contributed by atoms with E-state index in [-0.39, 0.29) is 18.0 Å². The molecule has 1 fully saturated rings. The second-order valence-electron chi connectivity index (χ2n) is 5.93. The van der Waals surface area contributed by atoms with Crippen LogP contribution >= 0.6 is 0 Å². The minimum Gasteiger partial charge on any atom is -0.339 e.